The molecule has 1 aliphatic carbocycles. The molecule has 0 radical (unpaired) electrons. The number of primary amides is 1. The van der Waals surface area contributed by atoms with Crippen molar-refractivity contribution in [3.63, 3.8) is 0 Å². The number of nitrogens with two attached hydrogens (primary N) is 1. The second-order valence-electron chi connectivity index (χ2n) is 7.50. The van der Waals surface area contributed by atoms with Crippen molar-refractivity contribution in [1.29, 1.82) is 0 Å². The minimum atomic E-state index is -1.07. The number of hydrogen-bond donors (Lipinski definition) is 2. The number of hydrogen-bond acceptors (Lipinski definition) is 4. The van der Waals surface area contributed by atoms with Gasteiger partial charge in [-0.2, -0.15) is 0 Å². The smallest absolute Gasteiger partial charge is 0.349 e. The Hall–Kier alpha value is -2.89. The van der Waals surface area contributed by atoms with Crippen molar-refractivity contribution in [3.05, 3.63) is 69.3 Å². The molecule has 1 aliphatic rings. The maximum Gasteiger partial charge on any atom is 0.349 e. The first-order chi connectivity index (χ1) is 13.4. The molecule has 1 fully saturated rings. The minimum Gasteiger partial charge on any atom is -0.427 e. The van der Waals surface area contributed by atoms with Gasteiger partial charge in [-0.15, -0.1) is 0 Å². The Balaban J connectivity index is 1.70. The zero-order valence-electron chi connectivity index (χ0n) is 16.1. The van der Waals surface area contributed by atoms with E-state index in [1.807, 2.05) is 18.2 Å². The van der Waals surface area contributed by atoms with E-state index in [1.165, 1.54) is 5.56 Å². The number of amides is 2. The zero-order chi connectivity index (χ0) is 20.1. The van der Waals surface area contributed by atoms with Crippen molar-refractivity contribution < 1.29 is 14.0 Å². The average Bonchev–Trinajstić information content (AvgIpc) is 3.12. The number of nitrogens with one attached hydrogen (secondary N) is 1. The van der Waals surface area contributed by atoms with Crippen molar-refractivity contribution in [3.8, 4) is 0 Å². The lowest BCUT2D eigenvalue weighted by Crippen LogP contribution is -2.56. The van der Waals surface area contributed by atoms with Crippen LogP contribution >= 0.6 is 0 Å². The van der Waals surface area contributed by atoms with Gasteiger partial charge in [-0.05, 0) is 49.8 Å². The van der Waals surface area contributed by atoms with Crippen molar-refractivity contribution >= 4 is 11.8 Å². The van der Waals surface area contributed by atoms with Crippen LogP contribution in [0.2, 0.25) is 0 Å². The molecule has 1 aromatic carbocycles. The van der Waals surface area contributed by atoms with Crippen LogP contribution in [0, 0.1) is 6.92 Å². The molecule has 0 spiro atoms. The summed E-state index contributed by atoms with van der Waals surface area (Å²) in [6.07, 6.45) is 4.95. The molecule has 1 heterocycles. The summed E-state index contributed by atoms with van der Waals surface area (Å²) in [6, 6.07) is 11.8. The van der Waals surface area contributed by atoms with Crippen LogP contribution in [0.25, 0.3) is 0 Å². The second-order valence-corrected chi connectivity index (χ2v) is 7.50. The van der Waals surface area contributed by atoms with Gasteiger partial charge in [0.2, 0.25) is 5.91 Å². The molecular formula is C22H26N2O4. The van der Waals surface area contributed by atoms with Crippen LogP contribution in [-0.4, -0.2) is 17.4 Å². The molecule has 6 nitrogen and oxygen atoms in total. The van der Waals surface area contributed by atoms with E-state index in [-0.39, 0.29) is 5.56 Å². The summed E-state index contributed by atoms with van der Waals surface area (Å²) >= 11 is 0. The zero-order valence-corrected chi connectivity index (χ0v) is 16.1. The van der Waals surface area contributed by atoms with Gasteiger partial charge in [0.25, 0.3) is 5.91 Å². The molecule has 1 saturated carbocycles. The van der Waals surface area contributed by atoms with E-state index in [0.717, 1.165) is 25.7 Å². The lowest BCUT2D eigenvalue weighted by molar-refractivity contribution is -0.123. The molecule has 1 aromatic heterocycles. The van der Waals surface area contributed by atoms with E-state index in [0.29, 0.717) is 30.6 Å². The number of aryl methyl sites for hydroxylation is 3. The molecule has 28 heavy (non-hydrogen) atoms. The number of carbonyl (C=O) groups is 2. The highest BCUT2D eigenvalue weighted by Gasteiger charge is 2.41. The van der Waals surface area contributed by atoms with Gasteiger partial charge < -0.3 is 15.5 Å². The third-order valence-corrected chi connectivity index (χ3v) is 5.44. The molecule has 0 atom stereocenters. The molecule has 0 saturated heterocycles. The van der Waals surface area contributed by atoms with Gasteiger partial charge in [0.05, 0.1) is 0 Å². The monoisotopic (exact) mass is 382 g/mol. The van der Waals surface area contributed by atoms with E-state index >= 15 is 0 Å². The summed E-state index contributed by atoms with van der Waals surface area (Å²) in [6.45, 7) is 1.71. The first-order valence-corrected chi connectivity index (χ1v) is 9.71. The first-order valence-electron chi connectivity index (χ1n) is 9.71. The fraction of sp³-hybridized carbons (Fsp3) is 0.409. The summed E-state index contributed by atoms with van der Waals surface area (Å²) in [4.78, 5) is 37.0. The van der Waals surface area contributed by atoms with Gasteiger partial charge in [-0.25, -0.2) is 4.79 Å². The summed E-state index contributed by atoms with van der Waals surface area (Å²) in [5, 5.41) is 2.70. The summed E-state index contributed by atoms with van der Waals surface area (Å²) in [5.41, 5.74) is 5.48. The normalized spacial score (nSPS) is 15.3. The molecular weight excluding hydrogens is 356 g/mol. The Labute approximate surface area is 164 Å². The quantitative estimate of drug-likeness (QED) is 0.768. The van der Waals surface area contributed by atoms with Crippen LogP contribution in [0.5, 0.6) is 0 Å². The van der Waals surface area contributed by atoms with Crippen LogP contribution in [-0.2, 0) is 17.6 Å². The number of carbonyl (C=O) groups excluding carboxylic acids is 2. The Bertz CT molecular complexity index is 912. The van der Waals surface area contributed by atoms with Crippen LogP contribution in [0.15, 0.2) is 45.6 Å². The molecule has 0 bridgehead atoms. The Morgan fingerprint density at radius 1 is 1.14 bits per heavy atom. The highest BCUT2D eigenvalue weighted by Crippen LogP contribution is 2.29. The topological polar surface area (TPSA) is 102 Å². The number of rotatable bonds is 7. The van der Waals surface area contributed by atoms with Crippen molar-refractivity contribution in [2.75, 3.05) is 0 Å². The Morgan fingerprint density at radius 3 is 2.43 bits per heavy atom. The van der Waals surface area contributed by atoms with Crippen LogP contribution in [0.1, 0.15) is 59.3 Å². The third-order valence-electron chi connectivity index (χ3n) is 5.44. The molecule has 0 unspecified atom stereocenters. The van der Waals surface area contributed by atoms with Crippen LogP contribution in [0.4, 0.5) is 0 Å². The molecule has 2 aromatic rings. The third kappa shape index (κ3) is 4.32. The lowest BCUT2D eigenvalue weighted by atomic mass is 9.95. The van der Waals surface area contributed by atoms with Gasteiger partial charge in [-0.1, -0.05) is 43.2 Å². The largest absolute Gasteiger partial charge is 0.427 e. The van der Waals surface area contributed by atoms with Gasteiger partial charge in [-0.3, -0.25) is 9.59 Å². The second kappa shape index (κ2) is 8.42. The van der Waals surface area contributed by atoms with E-state index in [4.69, 9.17) is 10.2 Å². The standard InChI is InChI=1S/C22H26N2O4/c1-15-14-17(11-7-10-16-8-3-2-4-9-16)28-20(26)18(15)19(25)24-22(21(23)27)12-5-6-13-22/h2-4,8-9,14H,5-7,10-13H2,1H3,(H2,23,27)(H,24,25). The predicted octanol–water partition coefficient (Wildman–Crippen LogP) is 2.65. The maximum atomic E-state index is 12.7. The molecule has 3 rings (SSSR count). The summed E-state index contributed by atoms with van der Waals surface area (Å²) in [7, 11) is 0. The van der Waals surface area contributed by atoms with Crippen molar-refractivity contribution in [2.45, 2.75) is 57.4 Å². The lowest BCUT2D eigenvalue weighted by Gasteiger charge is -2.26. The maximum absolute atomic E-state index is 12.7. The fourth-order valence-corrected chi connectivity index (χ4v) is 3.87. The van der Waals surface area contributed by atoms with Gasteiger partial charge in [0, 0.05) is 6.42 Å². The van der Waals surface area contributed by atoms with E-state index in [2.05, 4.69) is 17.4 Å². The van der Waals surface area contributed by atoms with Gasteiger partial charge in [0.15, 0.2) is 0 Å². The van der Waals surface area contributed by atoms with E-state index in [1.54, 1.807) is 13.0 Å². The SMILES string of the molecule is Cc1cc(CCCc2ccccc2)oc(=O)c1C(=O)NC1(C(N)=O)CCCC1. The average molecular weight is 382 g/mol. The Morgan fingerprint density at radius 2 is 1.82 bits per heavy atom. The van der Waals surface area contributed by atoms with E-state index in [9.17, 15) is 14.4 Å². The predicted molar refractivity (Wildman–Crippen MR) is 106 cm³/mol. The van der Waals surface area contributed by atoms with Crippen LogP contribution < -0.4 is 16.7 Å². The van der Waals surface area contributed by atoms with Crippen molar-refractivity contribution in [1.82, 2.24) is 5.32 Å². The van der Waals surface area contributed by atoms with Crippen LogP contribution in [0.3, 0.4) is 0 Å². The fourth-order valence-electron chi connectivity index (χ4n) is 3.87. The molecule has 148 valence electrons. The first kappa shape index (κ1) is 19.9. The molecule has 0 aliphatic heterocycles. The highest BCUT2D eigenvalue weighted by molar-refractivity contribution is 5.99. The molecule has 2 amide bonds. The number of benzene rings is 1. The van der Waals surface area contributed by atoms with E-state index < -0.39 is 23.0 Å². The van der Waals surface area contributed by atoms with Gasteiger partial charge >= 0.3 is 5.63 Å². The molecule has 6 heteroatoms. The summed E-state index contributed by atoms with van der Waals surface area (Å²) < 4.78 is 5.37. The van der Waals surface area contributed by atoms with Gasteiger partial charge in [0.1, 0.15) is 16.9 Å². The van der Waals surface area contributed by atoms with Crippen molar-refractivity contribution in [2.24, 2.45) is 5.73 Å². The highest BCUT2D eigenvalue weighted by atomic mass is 16.4. The minimum absolute atomic E-state index is 0.0562. The summed E-state index contributed by atoms with van der Waals surface area (Å²) in [5.74, 6) is -0.596. The Kier molecular flexibility index (Phi) is 5.97. The molecule has 3 N–H and O–H groups in total.